The van der Waals surface area contributed by atoms with Crippen LogP contribution in [0.3, 0.4) is 0 Å². The maximum atomic E-state index is 6.21. The van der Waals surface area contributed by atoms with Crippen LogP contribution in [0.2, 0.25) is 5.28 Å². The van der Waals surface area contributed by atoms with Crippen molar-refractivity contribution in [2.24, 2.45) is 0 Å². The standard InChI is InChI=1S/C15H22ClN5O2/c1-11-9-22-7-5-20(11)13-17-12(16)18-14(19-13)21-6-8-23-10-15(21)3-2-4-15/h11H,2-10H2,1H3/t11-/m1/s1. The van der Waals surface area contributed by atoms with E-state index in [-0.39, 0.29) is 16.9 Å². The molecule has 23 heavy (non-hydrogen) atoms. The Morgan fingerprint density at radius 1 is 1.09 bits per heavy atom. The highest BCUT2D eigenvalue weighted by Crippen LogP contribution is 2.41. The minimum absolute atomic E-state index is 0.0524. The number of nitrogens with zero attached hydrogens (tertiary/aromatic N) is 5. The van der Waals surface area contributed by atoms with Gasteiger partial charge >= 0.3 is 0 Å². The number of anilines is 2. The molecule has 3 fully saturated rings. The quantitative estimate of drug-likeness (QED) is 0.809. The summed E-state index contributed by atoms with van der Waals surface area (Å²) in [5.74, 6) is 1.33. The largest absolute Gasteiger partial charge is 0.377 e. The summed E-state index contributed by atoms with van der Waals surface area (Å²) in [6.07, 6.45) is 3.48. The summed E-state index contributed by atoms with van der Waals surface area (Å²) in [6.45, 7) is 6.50. The van der Waals surface area contributed by atoms with Crippen molar-refractivity contribution in [1.82, 2.24) is 15.0 Å². The van der Waals surface area contributed by atoms with Crippen molar-refractivity contribution in [2.45, 2.75) is 37.8 Å². The van der Waals surface area contributed by atoms with Crippen LogP contribution in [-0.4, -0.2) is 66.0 Å². The molecule has 1 atom stereocenters. The average molecular weight is 340 g/mol. The molecule has 0 radical (unpaired) electrons. The first kappa shape index (κ1) is 15.4. The van der Waals surface area contributed by atoms with E-state index in [9.17, 15) is 0 Å². The van der Waals surface area contributed by atoms with Gasteiger partial charge in [-0.15, -0.1) is 0 Å². The van der Waals surface area contributed by atoms with Gasteiger partial charge in [-0.05, 0) is 37.8 Å². The van der Waals surface area contributed by atoms with Gasteiger partial charge in [0, 0.05) is 13.1 Å². The minimum Gasteiger partial charge on any atom is -0.377 e. The molecule has 7 nitrogen and oxygen atoms in total. The van der Waals surface area contributed by atoms with Crippen molar-refractivity contribution >= 4 is 23.5 Å². The fourth-order valence-corrected chi connectivity index (χ4v) is 3.80. The Morgan fingerprint density at radius 3 is 2.61 bits per heavy atom. The van der Waals surface area contributed by atoms with Crippen LogP contribution in [-0.2, 0) is 9.47 Å². The zero-order valence-corrected chi connectivity index (χ0v) is 14.1. The molecule has 0 N–H and O–H groups in total. The van der Waals surface area contributed by atoms with Crippen molar-refractivity contribution in [3.05, 3.63) is 5.28 Å². The summed E-state index contributed by atoms with van der Waals surface area (Å²) < 4.78 is 11.2. The molecule has 1 aliphatic carbocycles. The molecule has 0 bridgehead atoms. The highest BCUT2D eigenvalue weighted by Gasteiger charge is 2.46. The molecular weight excluding hydrogens is 318 g/mol. The molecule has 0 aromatic carbocycles. The first-order valence-electron chi connectivity index (χ1n) is 8.29. The van der Waals surface area contributed by atoms with Crippen LogP contribution in [0.1, 0.15) is 26.2 Å². The van der Waals surface area contributed by atoms with Gasteiger partial charge in [-0.3, -0.25) is 0 Å². The fraction of sp³-hybridized carbons (Fsp3) is 0.800. The second-order valence-electron chi connectivity index (χ2n) is 6.60. The van der Waals surface area contributed by atoms with Crippen LogP contribution in [0.5, 0.6) is 0 Å². The van der Waals surface area contributed by atoms with Gasteiger partial charge < -0.3 is 19.3 Å². The maximum absolute atomic E-state index is 6.21. The average Bonchev–Trinajstić information content (AvgIpc) is 2.53. The molecule has 4 rings (SSSR count). The summed E-state index contributed by atoms with van der Waals surface area (Å²) in [5.41, 5.74) is 0.0524. The molecular formula is C15H22ClN5O2. The predicted octanol–water partition coefficient (Wildman–Crippen LogP) is 1.51. The Bertz CT molecular complexity index is 583. The van der Waals surface area contributed by atoms with E-state index in [0.717, 1.165) is 32.5 Å². The van der Waals surface area contributed by atoms with Crippen molar-refractivity contribution in [3.8, 4) is 0 Å². The summed E-state index contributed by atoms with van der Waals surface area (Å²) in [6, 6.07) is 0.234. The summed E-state index contributed by atoms with van der Waals surface area (Å²) in [4.78, 5) is 17.9. The molecule has 3 aliphatic rings. The summed E-state index contributed by atoms with van der Waals surface area (Å²) in [5, 5.41) is 0.254. The third-order valence-electron chi connectivity index (χ3n) is 5.14. The third-order valence-corrected chi connectivity index (χ3v) is 5.31. The second-order valence-corrected chi connectivity index (χ2v) is 6.94. The van der Waals surface area contributed by atoms with E-state index in [2.05, 4.69) is 26.7 Å². The Labute approximate surface area is 141 Å². The van der Waals surface area contributed by atoms with Crippen molar-refractivity contribution in [2.75, 3.05) is 49.3 Å². The molecule has 1 saturated carbocycles. The smallest absolute Gasteiger partial charge is 0.232 e. The molecule has 126 valence electrons. The van der Waals surface area contributed by atoms with Gasteiger partial charge in [-0.2, -0.15) is 15.0 Å². The lowest BCUT2D eigenvalue weighted by atomic mass is 9.75. The topological polar surface area (TPSA) is 63.6 Å². The van der Waals surface area contributed by atoms with Gasteiger partial charge in [0.2, 0.25) is 17.2 Å². The van der Waals surface area contributed by atoms with Crippen LogP contribution in [0.15, 0.2) is 0 Å². The first-order chi connectivity index (χ1) is 11.2. The van der Waals surface area contributed by atoms with Gasteiger partial charge in [0.05, 0.1) is 38.0 Å². The monoisotopic (exact) mass is 339 g/mol. The maximum Gasteiger partial charge on any atom is 0.232 e. The lowest BCUT2D eigenvalue weighted by Gasteiger charge is -2.52. The van der Waals surface area contributed by atoms with Crippen molar-refractivity contribution < 1.29 is 9.47 Å². The number of halogens is 1. The molecule has 1 spiro atoms. The number of morpholine rings is 2. The normalized spacial score (nSPS) is 27.1. The van der Waals surface area contributed by atoms with E-state index in [4.69, 9.17) is 26.1 Å². The second kappa shape index (κ2) is 6.03. The molecule has 0 unspecified atom stereocenters. The van der Waals surface area contributed by atoms with Gasteiger partial charge in [-0.1, -0.05) is 0 Å². The van der Waals surface area contributed by atoms with E-state index < -0.39 is 0 Å². The summed E-state index contributed by atoms with van der Waals surface area (Å²) >= 11 is 6.21. The molecule has 8 heteroatoms. The van der Waals surface area contributed by atoms with Crippen LogP contribution in [0.4, 0.5) is 11.9 Å². The SMILES string of the molecule is C[C@@H]1COCCN1c1nc(Cl)nc(N2CCOCC23CCC3)n1. The minimum atomic E-state index is 0.0524. The number of hydrogen-bond acceptors (Lipinski definition) is 7. The Hall–Kier alpha value is -1.18. The molecule has 0 amide bonds. The number of ether oxygens (including phenoxy) is 2. The molecule has 2 saturated heterocycles. The Morgan fingerprint density at radius 2 is 1.87 bits per heavy atom. The third kappa shape index (κ3) is 2.75. The lowest BCUT2D eigenvalue weighted by Crippen LogP contribution is -2.61. The van der Waals surface area contributed by atoms with Crippen LogP contribution >= 0.6 is 11.6 Å². The van der Waals surface area contributed by atoms with Gasteiger partial charge in [0.15, 0.2) is 0 Å². The lowest BCUT2D eigenvalue weighted by molar-refractivity contribution is 0.0123. The highest BCUT2D eigenvalue weighted by molar-refractivity contribution is 6.28. The number of aromatic nitrogens is 3. The van der Waals surface area contributed by atoms with Crippen molar-refractivity contribution in [3.63, 3.8) is 0 Å². The highest BCUT2D eigenvalue weighted by atomic mass is 35.5. The van der Waals surface area contributed by atoms with Gasteiger partial charge in [0.25, 0.3) is 0 Å². The number of rotatable bonds is 2. The van der Waals surface area contributed by atoms with Gasteiger partial charge in [0.1, 0.15) is 0 Å². The molecule has 1 aromatic heterocycles. The van der Waals surface area contributed by atoms with E-state index in [1.54, 1.807) is 0 Å². The van der Waals surface area contributed by atoms with Crippen LogP contribution < -0.4 is 9.80 Å². The molecule has 3 heterocycles. The Kier molecular flexibility index (Phi) is 4.03. The van der Waals surface area contributed by atoms with Gasteiger partial charge in [-0.25, -0.2) is 0 Å². The van der Waals surface area contributed by atoms with Crippen LogP contribution in [0.25, 0.3) is 0 Å². The zero-order valence-electron chi connectivity index (χ0n) is 13.4. The fourth-order valence-electron chi connectivity index (χ4n) is 3.65. The van der Waals surface area contributed by atoms with E-state index in [0.29, 0.717) is 31.7 Å². The van der Waals surface area contributed by atoms with E-state index >= 15 is 0 Å². The molecule has 2 aliphatic heterocycles. The summed E-state index contributed by atoms with van der Waals surface area (Å²) in [7, 11) is 0. The zero-order chi connectivity index (χ0) is 15.9. The number of hydrogen-bond donors (Lipinski definition) is 0. The molecule has 1 aromatic rings. The Balaban J connectivity index is 1.66. The van der Waals surface area contributed by atoms with E-state index in [1.807, 2.05) is 0 Å². The van der Waals surface area contributed by atoms with Crippen molar-refractivity contribution in [1.29, 1.82) is 0 Å². The van der Waals surface area contributed by atoms with Crippen LogP contribution in [0, 0.1) is 0 Å². The first-order valence-corrected chi connectivity index (χ1v) is 8.67. The van der Waals surface area contributed by atoms with E-state index in [1.165, 1.54) is 6.42 Å². The predicted molar refractivity (Wildman–Crippen MR) is 87.2 cm³/mol.